The molecule has 3 nitrogen and oxygen atoms in total. The molecule has 15 heavy (non-hydrogen) atoms. The molecule has 0 heterocycles. The number of esters is 1. The summed E-state index contributed by atoms with van der Waals surface area (Å²) in [5.41, 5.74) is 6.06. The molecule has 5 atom stereocenters. The largest absolute Gasteiger partial charge is 0.469 e. The molecule has 0 aromatic heterocycles. The van der Waals surface area contributed by atoms with Crippen LogP contribution in [0.1, 0.15) is 32.1 Å². The van der Waals surface area contributed by atoms with Gasteiger partial charge >= 0.3 is 5.97 Å². The summed E-state index contributed by atoms with van der Waals surface area (Å²) < 4.78 is 4.99. The number of rotatable bonds is 1. The number of ether oxygens (including phenoxy) is 1. The maximum atomic E-state index is 11.9. The second-order valence-corrected chi connectivity index (χ2v) is 5.82. The molecule has 0 aromatic carbocycles. The number of carbonyl (C=O) groups is 1. The van der Waals surface area contributed by atoms with E-state index in [1.807, 2.05) is 0 Å². The normalized spacial score (nSPS) is 51.9. The van der Waals surface area contributed by atoms with Crippen LogP contribution in [0.3, 0.4) is 0 Å². The van der Waals surface area contributed by atoms with Crippen LogP contribution < -0.4 is 5.73 Å². The van der Waals surface area contributed by atoms with Gasteiger partial charge in [-0.05, 0) is 49.9 Å². The van der Waals surface area contributed by atoms with Gasteiger partial charge in [0.2, 0.25) is 0 Å². The van der Waals surface area contributed by atoms with E-state index >= 15 is 0 Å². The monoisotopic (exact) mass is 209 g/mol. The van der Waals surface area contributed by atoms with Crippen molar-refractivity contribution in [3.8, 4) is 0 Å². The third-order valence-electron chi connectivity index (χ3n) is 4.96. The van der Waals surface area contributed by atoms with Crippen molar-refractivity contribution in [1.29, 1.82) is 0 Å². The van der Waals surface area contributed by atoms with Crippen LogP contribution in [0.2, 0.25) is 0 Å². The van der Waals surface area contributed by atoms with Gasteiger partial charge in [-0.25, -0.2) is 0 Å². The van der Waals surface area contributed by atoms with E-state index in [0.717, 1.165) is 25.2 Å². The van der Waals surface area contributed by atoms with Crippen molar-refractivity contribution in [2.75, 3.05) is 7.11 Å². The Kier molecular flexibility index (Phi) is 1.91. The van der Waals surface area contributed by atoms with Gasteiger partial charge in [-0.15, -0.1) is 0 Å². The van der Waals surface area contributed by atoms with Crippen LogP contribution in [-0.4, -0.2) is 19.1 Å². The van der Waals surface area contributed by atoms with Crippen molar-refractivity contribution in [3.63, 3.8) is 0 Å². The Morgan fingerprint density at radius 3 is 2.40 bits per heavy atom. The minimum atomic E-state index is -0.152. The predicted molar refractivity (Wildman–Crippen MR) is 56.0 cm³/mol. The quantitative estimate of drug-likeness (QED) is 0.662. The minimum Gasteiger partial charge on any atom is -0.469 e. The summed E-state index contributed by atoms with van der Waals surface area (Å²) in [6.07, 6.45) is 5.51. The summed E-state index contributed by atoms with van der Waals surface area (Å²) in [4.78, 5) is 11.9. The first-order chi connectivity index (χ1) is 7.14. The first-order valence-electron chi connectivity index (χ1n) is 5.98. The minimum absolute atomic E-state index is 0.0220. The maximum absolute atomic E-state index is 11.9. The van der Waals surface area contributed by atoms with Crippen LogP contribution in [0.25, 0.3) is 0 Å². The summed E-state index contributed by atoms with van der Waals surface area (Å²) in [6, 6.07) is 0.347. The fourth-order valence-corrected chi connectivity index (χ4v) is 4.53. The molecule has 2 N–H and O–H groups in total. The van der Waals surface area contributed by atoms with E-state index in [1.54, 1.807) is 0 Å². The van der Waals surface area contributed by atoms with E-state index in [-0.39, 0.29) is 11.4 Å². The van der Waals surface area contributed by atoms with Crippen molar-refractivity contribution in [2.24, 2.45) is 28.9 Å². The van der Waals surface area contributed by atoms with Gasteiger partial charge in [-0.2, -0.15) is 0 Å². The van der Waals surface area contributed by atoms with E-state index < -0.39 is 0 Å². The van der Waals surface area contributed by atoms with Crippen molar-refractivity contribution in [2.45, 2.75) is 38.1 Å². The van der Waals surface area contributed by atoms with E-state index in [4.69, 9.17) is 10.5 Å². The Morgan fingerprint density at radius 1 is 1.27 bits per heavy atom. The topological polar surface area (TPSA) is 52.3 Å². The lowest BCUT2D eigenvalue weighted by Gasteiger charge is -2.57. The van der Waals surface area contributed by atoms with E-state index in [2.05, 4.69) is 0 Å². The van der Waals surface area contributed by atoms with Crippen molar-refractivity contribution >= 4 is 5.97 Å². The number of carbonyl (C=O) groups excluding carboxylic acids is 1. The molecule has 0 saturated heterocycles. The highest BCUT2D eigenvalue weighted by Crippen LogP contribution is 2.59. The molecule has 84 valence electrons. The second kappa shape index (κ2) is 2.97. The van der Waals surface area contributed by atoms with Gasteiger partial charge in [0.25, 0.3) is 0 Å². The zero-order valence-corrected chi connectivity index (χ0v) is 9.24. The first kappa shape index (κ1) is 9.64. The van der Waals surface area contributed by atoms with Crippen LogP contribution in [0, 0.1) is 23.2 Å². The fourth-order valence-electron chi connectivity index (χ4n) is 4.53. The Hall–Kier alpha value is -0.570. The molecule has 4 saturated carbocycles. The highest BCUT2D eigenvalue weighted by molar-refractivity contribution is 5.77. The lowest BCUT2D eigenvalue weighted by Crippen LogP contribution is -2.59. The van der Waals surface area contributed by atoms with Crippen molar-refractivity contribution in [1.82, 2.24) is 0 Å². The predicted octanol–water partition coefficient (Wildman–Crippen LogP) is 1.31. The lowest BCUT2D eigenvalue weighted by molar-refractivity contribution is -0.169. The van der Waals surface area contributed by atoms with Gasteiger partial charge < -0.3 is 10.5 Å². The summed E-state index contributed by atoms with van der Waals surface area (Å²) in [7, 11) is 1.51. The molecule has 4 aliphatic rings. The van der Waals surface area contributed by atoms with Crippen LogP contribution >= 0.6 is 0 Å². The van der Waals surface area contributed by atoms with Gasteiger partial charge in [0.15, 0.2) is 0 Å². The summed E-state index contributed by atoms with van der Waals surface area (Å²) >= 11 is 0. The van der Waals surface area contributed by atoms with Crippen molar-refractivity contribution in [3.05, 3.63) is 0 Å². The fraction of sp³-hybridized carbons (Fsp3) is 0.917. The van der Waals surface area contributed by atoms with Gasteiger partial charge in [0, 0.05) is 6.04 Å². The molecular formula is C12H19NO2. The number of methoxy groups -OCH3 is 1. The molecule has 4 fully saturated rings. The van der Waals surface area contributed by atoms with Gasteiger partial charge in [-0.3, -0.25) is 4.79 Å². The molecule has 0 spiro atoms. The zero-order valence-electron chi connectivity index (χ0n) is 9.24. The summed E-state index contributed by atoms with van der Waals surface area (Å²) in [6.45, 7) is 0. The van der Waals surface area contributed by atoms with Gasteiger partial charge in [-0.1, -0.05) is 0 Å². The Balaban J connectivity index is 1.92. The molecule has 0 aliphatic heterocycles. The Labute approximate surface area is 90.4 Å². The molecule has 0 amide bonds. The SMILES string of the molecule is COC(=O)C12CC3C[C@H](C1)C(N)[C@@H](C3)C2. The van der Waals surface area contributed by atoms with Gasteiger partial charge in [0.1, 0.15) is 0 Å². The third kappa shape index (κ3) is 1.19. The average Bonchev–Trinajstić information content (AvgIpc) is 2.23. The Bertz CT molecular complexity index is 286. The van der Waals surface area contributed by atoms with E-state index in [9.17, 15) is 4.79 Å². The van der Waals surface area contributed by atoms with Crippen LogP contribution in [-0.2, 0) is 9.53 Å². The molecule has 4 aliphatic carbocycles. The maximum Gasteiger partial charge on any atom is 0.311 e. The molecule has 4 bridgehead atoms. The van der Waals surface area contributed by atoms with Crippen molar-refractivity contribution < 1.29 is 9.53 Å². The Morgan fingerprint density at radius 2 is 1.87 bits per heavy atom. The number of nitrogens with two attached hydrogens (primary N) is 1. The third-order valence-corrected chi connectivity index (χ3v) is 4.96. The summed E-state index contributed by atoms with van der Waals surface area (Å²) in [5, 5.41) is 0. The van der Waals surface area contributed by atoms with E-state index in [1.165, 1.54) is 20.0 Å². The highest BCUT2D eigenvalue weighted by Gasteiger charge is 2.58. The number of hydrogen-bond acceptors (Lipinski definition) is 3. The first-order valence-corrected chi connectivity index (χ1v) is 5.98. The zero-order chi connectivity index (χ0) is 10.6. The summed E-state index contributed by atoms with van der Waals surface area (Å²) in [5.74, 6) is 1.92. The highest BCUT2D eigenvalue weighted by atomic mass is 16.5. The van der Waals surface area contributed by atoms with Gasteiger partial charge in [0.05, 0.1) is 12.5 Å². The molecular weight excluding hydrogens is 190 g/mol. The second-order valence-electron chi connectivity index (χ2n) is 5.82. The van der Waals surface area contributed by atoms with Crippen LogP contribution in [0.15, 0.2) is 0 Å². The molecule has 3 heteroatoms. The van der Waals surface area contributed by atoms with Crippen LogP contribution in [0.4, 0.5) is 0 Å². The molecule has 4 rings (SSSR count). The molecule has 0 radical (unpaired) electrons. The molecule has 0 aromatic rings. The van der Waals surface area contributed by atoms with E-state index in [0.29, 0.717) is 17.9 Å². The standard InChI is InChI=1S/C12H19NO2/c1-15-11(14)12-4-7-2-8(5-12)10(13)9(3-7)6-12/h7-10H,2-6,13H2,1H3/t7?,8-,9+,10?,12?. The van der Waals surface area contributed by atoms with Crippen LogP contribution in [0.5, 0.6) is 0 Å². The average molecular weight is 209 g/mol. The lowest BCUT2D eigenvalue weighted by atomic mass is 9.48. The smallest absolute Gasteiger partial charge is 0.311 e. The number of hydrogen-bond donors (Lipinski definition) is 1. The molecule has 3 unspecified atom stereocenters.